The van der Waals surface area contributed by atoms with E-state index in [4.69, 9.17) is 16.0 Å². The fourth-order valence-corrected chi connectivity index (χ4v) is 5.21. The van der Waals surface area contributed by atoms with Crippen LogP contribution in [0.4, 0.5) is 13.2 Å². The molecule has 2 aromatic heterocycles. The van der Waals surface area contributed by atoms with Gasteiger partial charge in [0.25, 0.3) is 5.56 Å². The minimum atomic E-state index is -4.50. The molecular weight excluding hydrogens is 491 g/mol. The molecule has 10 heteroatoms. The number of aromatic nitrogens is 1. The fraction of sp³-hybridized carbons (Fsp3) is 0.167. The van der Waals surface area contributed by atoms with E-state index in [1.54, 1.807) is 24.3 Å². The molecule has 5 nitrogen and oxygen atoms in total. The average Bonchev–Trinajstić information content (AvgIpc) is 2.97. The molecule has 0 saturated carbocycles. The molecule has 0 aliphatic carbocycles. The number of aromatic hydroxyl groups is 1. The molecule has 5 rings (SSSR count). The summed E-state index contributed by atoms with van der Waals surface area (Å²) in [7, 11) is 0. The molecule has 0 radical (unpaired) electrons. The smallest absolute Gasteiger partial charge is 0.416 e. The van der Waals surface area contributed by atoms with Gasteiger partial charge in [-0.25, -0.2) is 4.79 Å². The third-order valence-corrected chi connectivity index (χ3v) is 7.23. The lowest BCUT2D eigenvalue weighted by Crippen LogP contribution is -2.24. The van der Waals surface area contributed by atoms with Crippen molar-refractivity contribution in [3.63, 3.8) is 0 Å². The number of hydrogen-bond acceptors (Lipinski definition) is 5. The van der Waals surface area contributed by atoms with Gasteiger partial charge in [-0.1, -0.05) is 37.2 Å². The van der Waals surface area contributed by atoms with Crippen LogP contribution >= 0.6 is 23.4 Å². The van der Waals surface area contributed by atoms with Gasteiger partial charge in [0.1, 0.15) is 15.9 Å². The number of rotatable bonds is 2. The van der Waals surface area contributed by atoms with Gasteiger partial charge in [0.2, 0.25) is 0 Å². The summed E-state index contributed by atoms with van der Waals surface area (Å²) in [5, 5.41) is 11.2. The van der Waals surface area contributed by atoms with E-state index in [0.717, 1.165) is 17.7 Å². The Morgan fingerprint density at radius 3 is 2.38 bits per heavy atom. The molecule has 0 spiro atoms. The topological polar surface area (TPSA) is 72.4 Å². The maximum absolute atomic E-state index is 13.5. The Morgan fingerprint density at radius 2 is 1.74 bits per heavy atom. The van der Waals surface area contributed by atoms with Gasteiger partial charge in [-0.2, -0.15) is 13.2 Å². The Kier molecular flexibility index (Phi) is 4.93. The molecule has 0 saturated heterocycles. The highest BCUT2D eigenvalue weighted by molar-refractivity contribution is 7.99. The molecule has 174 valence electrons. The van der Waals surface area contributed by atoms with Crippen LogP contribution < -0.4 is 11.2 Å². The first-order chi connectivity index (χ1) is 15.9. The summed E-state index contributed by atoms with van der Waals surface area (Å²) in [4.78, 5) is 26.2. The van der Waals surface area contributed by atoms with Gasteiger partial charge in [-0.3, -0.25) is 9.36 Å². The standard InChI is InChI=1S/C24H15ClF3NO4S/c1-23(2)14-9-12(25)5-8-15(14)29-17(23)10-16-18(21(29)31)19(30)20(22(32)33-16)34-13-6-3-11(4-7-13)24(26,27)28/h3-10,30H,1-2H3. The molecule has 34 heavy (non-hydrogen) atoms. The van der Waals surface area contributed by atoms with Crippen LogP contribution in [0.1, 0.15) is 30.7 Å². The van der Waals surface area contributed by atoms with E-state index < -0.39 is 34.1 Å². The first-order valence-electron chi connectivity index (χ1n) is 10.0. The van der Waals surface area contributed by atoms with Gasteiger partial charge < -0.3 is 9.52 Å². The average molecular weight is 506 g/mol. The Balaban J connectivity index is 1.69. The Hall–Kier alpha value is -3.17. The third-order valence-electron chi connectivity index (χ3n) is 5.93. The molecule has 2 aromatic carbocycles. The number of hydrogen-bond donors (Lipinski definition) is 1. The van der Waals surface area contributed by atoms with Crippen LogP contribution in [0.3, 0.4) is 0 Å². The number of alkyl halides is 3. The van der Waals surface area contributed by atoms with Crippen molar-refractivity contribution in [2.45, 2.75) is 35.2 Å². The zero-order valence-electron chi connectivity index (χ0n) is 17.7. The highest BCUT2D eigenvalue weighted by Gasteiger charge is 2.38. The maximum atomic E-state index is 13.5. The number of nitrogens with zero attached hydrogens (tertiary/aromatic N) is 1. The number of halogens is 4. The van der Waals surface area contributed by atoms with Gasteiger partial charge in [0, 0.05) is 27.1 Å². The van der Waals surface area contributed by atoms with Crippen molar-refractivity contribution in [2.75, 3.05) is 0 Å². The predicted octanol–water partition coefficient (Wildman–Crippen LogP) is 6.11. The second kappa shape index (κ2) is 7.41. The van der Waals surface area contributed by atoms with Crippen LogP contribution in [-0.4, -0.2) is 9.67 Å². The molecule has 1 N–H and O–H groups in total. The van der Waals surface area contributed by atoms with Gasteiger partial charge in [0.05, 0.1) is 11.3 Å². The minimum Gasteiger partial charge on any atom is -0.505 e. The highest BCUT2D eigenvalue weighted by Crippen LogP contribution is 2.44. The molecule has 1 aliphatic rings. The molecule has 1 aliphatic heterocycles. The third kappa shape index (κ3) is 3.33. The van der Waals surface area contributed by atoms with Crippen molar-refractivity contribution >= 4 is 34.3 Å². The van der Waals surface area contributed by atoms with E-state index in [-0.39, 0.29) is 20.8 Å². The van der Waals surface area contributed by atoms with Crippen LogP contribution in [0.5, 0.6) is 5.75 Å². The number of pyridine rings is 1. The van der Waals surface area contributed by atoms with E-state index in [0.29, 0.717) is 28.2 Å². The fourth-order valence-electron chi connectivity index (χ4n) is 4.20. The molecular formula is C24H15ClF3NO4S. The van der Waals surface area contributed by atoms with Crippen LogP contribution in [-0.2, 0) is 11.6 Å². The Morgan fingerprint density at radius 1 is 1.06 bits per heavy atom. The Labute approximate surface area is 199 Å². The van der Waals surface area contributed by atoms with E-state index >= 15 is 0 Å². The van der Waals surface area contributed by atoms with Crippen LogP contribution in [0.2, 0.25) is 5.02 Å². The van der Waals surface area contributed by atoms with Crippen molar-refractivity contribution in [1.29, 1.82) is 0 Å². The van der Waals surface area contributed by atoms with Gasteiger partial charge in [-0.15, -0.1) is 0 Å². The molecule has 0 bridgehead atoms. The maximum Gasteiger partial charge on any atom is 0.416 e. The van der Waals surface area contributed by atoms with Crippen molar-refractivity contribution in [2.24, 2.45) is 0 Å². The first-order valence-corrected chi connectivity index (χ1v) is 11.2. The highest BCUT2D eigenvalue weighted by atomic mass is 35.5. The molecule has 4 aromatic rings. The van der Waals surface area contributed by atoms with Gasteiger partial charge >= 0.3 is 11.8 Å². The second-order valence-corrected chi connectivity index (χ2v) is 9.91. The normalized spacial score (nSPS) is 14.3. The molecule has 0 amide bonds. The summed E-state index contributed by atoms with van der Waals surface area (Å²) in [6.07, 6.45) is -4.50. The lowest BCUT2D eigenvalue weighted by atomic mass is 9.83. The summed E-state index contributed by atoms with van der Waals surface area (Å²) in [5.74, 6) is -0.586. The Bertz CT molecular complexity index is 1600. The molecule has 0 atom stereocenters. The van der Waals surface area contributed by atoms with Crippen LogP contribution in [0, 0.1) is 0 Å². The van der Waals surface area contributed by atoms with E-state index in [1.807, 2.05) is 13.8 Å². The summed E-state index contributed by atoms with van der Waals surface area (Å²) < 4.78 is 45.3. The van der Waals surface area contributed by atoms with Crippen molar-refractivity contribution in [1.82, 2.24) is 4.57 Å². The summed E-state index contributed by atoms with van der Waals surface area (Å²) in [6.45, 7) is 3.80. The lowest BCUT2D eigenvalue weighted by Gasteiger charge is -2.20. The molecule has 0 fully saturated rings. The predicted molar refractivity (Wildman–Crippen MR) is 122 cm³/mol. The number of benzene rings is 2. The zero-order chi connectivity index (χ0) is 24.6. The summed E-state index contributed by atoms with van der Waals surface area (Å²) in [5.41, 5.74) is -1.09. The van der Waals surface area contributed by atoms with Gasteiger partial charge in [-0.05, 0) is 48.0 Å². The SMILES string of the molecule is CC1(C)c2cc(Cl)ccc2-n2c1cc1oc(=O)c(Sc3ccc(C(F)(F)F)cc3)c(O)c1c2=O. The number of fused-ring (bicyclic) bond motifs is 4. The van der Waals surface area contributed by atoms with Crippen LogP contribution in [0.15, 0.2) is 72.3 Å². The summed E-state index contributed by atoms with van der Waals surface area (Å²) in [6, 6.07) is 10.7. The first kappa shape index (κ1) is 22.6. The van der Waals surface area contributed by atoms with E-state index in [9.17, 15) is 27.9 Å². The monoisotopic (exact) mass is 505 g/mol. The van der Waals surface area contributed by atoms with Crippen molar-refractivity contribution < 1.29 is 22.7 Å². The van der Waals surface area contributed by atoms with E-state index in [1.165, 1.54) is 16.7 Å². The second-order valence-electron chi connectivity index (χ2n) is 8.39. The largest absolute Gasteiger partial charge is 0.505 e. The van der Waals surface area contributed by atoms with Crippen molar-refractivity contribution in [3.8, 4) is 11.4 Å². The molecule has 0 unspecified atom stereocenters. The van der Waals surface area contributed by atoms with Crippen molar-refractivity contribution in [3.05, 3.63) is 91.1 Å². The minimum absolute atomic E-state index is 0.0810. The van der Waals surface area contributed by atoms with Crippen LogP contribution in [0.25, 0.3) is 16.7 Å². The zero-order valence-corrected chi connectivity index (χ0v) is 19.2. The van der Waals surface area contributed by atoms with Gasteiger partial charge in [0.15, 0.2) is 5.75 Å². The summed E-state index contributed by atoms with van der Waals surface area (Å²) >= 11 is 6.88. The van der Waals surface area contributed by atoms with E-state index in [2.05, 4.69) is 0 Å². The molecule has 3 heterocycles. The lowest BCUT2D eigenvalue weighted by molar-refractivity contribution is -0.137. The quantitative estimate of drug-likeness (QED) is 0.356.